The molecule has 0 atom stereocenters. The molecule has 0 spiro atoms. The van der Waals surface area contributed by atoms with Crippen LogP contribution in [0, 0.1) is 6.92 Å². The molecule has 0 saturated heterocycles. The van der Waals surface area contributed by atoms with Gasteiger partial charge in [0, 0.05) is 22.2 Å². The van der Waals surface area contributed by atoms with Crippen LogP contribution in [0.25, 0.3) is 16.6 Å². The van der Waals surface area contributed by atoms with Crippen molar-refractivity contribution in [3.05, 3.63) is 41.4 Å². The lowest BCUT2D eigenvalue weighted by Crippen LogP contribution is -1.95. The summed E-state index contributed by atoms with van der Waals surface area (Å²) in [4.78, 5) is 0. The smallest absolute Gasteiger partial charge is 0.196 e. The molecule has 2 heterocycles. The molecular formula is C15H14ClN3OS. The van der Waals surface area contributed by atoms with Crippen molar-refractivity contribution in [3.63, 3.8) is 0 Å². The maximum atomic E-state index is 5.84. The van der Waals surface area contributed by atoms with E-state index in [1.165, 1.54) is 11.8 Å². The number of ether oxygens (including phenoxy) is 1. The van der Waals surface area contributed by atoms with Crippen molar-refractivity contribution >= 4 is 39.9 Å². The maximum absolute atomic E-state index is 5.84. The molecule has 0 unspecified atom stereocenters. The molecule has 0 bridgehead atoms. The Hall–Kier alpha value is -1.72. The Bertz CT molecular complexity index is 844. The van der Waals surface area contributed by atoms with Gasteiger partial charge in [0.25, 0.3) is 0 Å². The van der Waals surface area contributed by atoms with Gasteiger partial charge in [-0.05, 0) is 30.7 Å². The topological polar surface area (TPSA) is 39.4 Å². The first kappa shape index (κ1) is 14.2. The van der Waals surface area contributed by atoms with E-state index in [0.29, 0.717) is 10.8 Å². The number of thioether (sulfide) groups is 1. The van der Waals surface area contributed by atoms with Gasteiger partial charge in [-0.2, -0.15) is 0 Å². The van der Waals surface area contributed by atoms with Crippen molar-refractivity contribution in [2.45, 2.75) is 12.1 Å². The van der Waals surface area contributed by atoms with Crippen LogP contribution in [0.3, 0.4) is 0 Å². The fraction of sp³-hybridized carbons (Fsp3) is 0.200. The minimum Gasteiger partial charge on any atom is -0.497 e. The molecule has 108 valence electrons. The minimum absolute atomic E-state index is 0.589. The number of fused-ring (bicyclic) bond motifs is 3. The number of hydrogen-bond donors (Lipinski definition) is 0. The van der Waals surface area contributed by atoms with Gasteiger partial charge in [-0.1, -0.05) is 29.9 Å². The molecule has 0 aliphatic heterocycles. The summed E-state index contributed by atoms with van der Waals surface area (Å²) in [6.07, 6.45) is 0. The molecule has 0 aliphatic rings. The van der Waals surface area contributed by atoms with Gasteiger partial charge in [0.1, 0.15) is 5.75 Å². The number of pyridine rings is 1. The van der Waals surface area contributed by atoms with E-state index >= 15 is 0 Å². The molecule has 2 aromatic heterocycles. The van der Waals surface area contributed by atoms with E-state index in [1.54, 1.807) is 7.11 Å². The van der Waals surface area contributed by atoms with Gasteiger partial charge in [-0.15, -0.1) is 10.2 Å². The second-order valence-electron chi connectivity index (χ2n) is 4.69. The highest BCUT2D eigenvalue weighted by Crippen LogP contribution is 2.29. The molecule has 6 heteroatoms. The molecule has 0 saturated carbocycles. The molecule has 0 amide bonds. The first-order chi connectivity index (χ1) is 10.1. The fourth-order valence-corrected chi connectivity index (χ4v) is 3.13. The number of aromatic nitrogens is 3. The predicted molar refractivity (Wildman–Crippen MR) is 87.5 cm³/mol. The fourth-order valence-electron chi connectivity index (χ4n) is 2.27. The van der Waals surface area contributed by atoms with Gasteiger partial charge >= 0.3 is 0 Å². The minimum atomic E-state index is 0.589. The van der Waals surface area contributed by atoms with E-state index in [2.05, 4.69) is 29.8 Å². The van der Waals surface area contributed by atoms with Crippen molar-refractivity contribution in [2.24, 2.45) is 0 Å². The summed E-state index contributed by atoms with van der Waals surface area (Å²) in [5, 5.41) is 11.0. The quantitative estimate of drug-likeness (QED) is 0.680. The number of hydrogen-bond acceptors (Lipinski definition) is 4. The zero-order valence-corrected chi connectivity index (χ0v) is 13.3. The summed E-state index contributed by atoms with van der Waals surface area (Å²) in [7, 11) is 1.66. The van der Waals surface area contributed by atoms with E-state index < -0.39 is 0 Å². The summed E-state index contributed by atoms with van der Waals surface area (Å²) in [6, 6.07) is 8.04. The zero-order valence-electron chi connectivity index (χ0n) is 11.8. The molecule has 4 nitrogen and oxygen atoms in total. The normalized spacial score (nSPS) is 11.2. The molecule has 0 fully saturated rings. The Morgan fingerprint density at radius 1 is 1.38 bits per heavy atom. The third-order valence-corrected chi connectivity index (χ3v) is 4.54. The van der Waals surface area contributed by atoms with Gasteiger partial charge < -0.3 is 4.74 Å². The lowest BCUT2D eigenvalue weighted by atomic mass is 10.1. The van der Waals surface area contributed by atoms with E-state index in [9.17, 15) is 0 Å². The molecule has 0 N–H and O–H groups in total. The van der Waals surface area contributed by atoms with Gasteiger partial charge in [0.15, 0.2) is 10.8 Å². The van der Waals surface area contributed by atoms with Crippen LogP contribution >= 0.6 is 23.4 Å². The average Bonchev–Trinajstić information content (AvgIpc) is 2.87. The zero-order chi connectivity index (χ0) is 15.0. The van der Waals surface area contributed by atoms with Crippen molar-refractivity contribution in [1.29, 1.82) is 0 Å². The van der Waals surface area contributed by atoms with E-state index in [-0.39, 0.29) is 0 Å². The highest BCUT2D eigenvalue weighted by Gasteiger charge is 2.12. The summed E-state index contributed by atoms with van der Waals surface area (Å²) in [6.45, 7) is 5.77. The highest BCUT2D eigenvalue weighted by atomic mass is 35.5. The van der Waals surface area contributed by atoms with E-state index in [0.717, 1.165) is 33.0 Å². The number of nitrogens with zero attached hydrogens (tertiary/aromatic N) is 3. The van der Waals surface area contributed by atoms with Crippen LogP contribution in [0.1, 0.15) is 5.56 Å². The second-order valence-corrected chi connectivity index (χ2v) is 6.17. The van der Waals surface area contributed by atoms with Crippen molar-refractivity contribution in [2.75, 3.05) is 12.9 Å². The van der Waals surface area contributed by atoms with Crippen molar-refractivity contribution in [3.8, 4) is 5.75 Å². The number of methoxy groups -OCH3 is 1. The van der Waals surface area contributed by atoms with Gasteiger partial charge in [0.2, 0.25) is 0 Å². The lowest BCUT2D eigenvalue weighted by molar-refractivity contribution is 0.415. The summed E-state index contributed by atoms with van der Waals surface area (Å²) in [5.41, 5.74) is 3.00. The molecule has 0 radical (unpaired) electrons. The highest BCUT2D eigenvalue weighted by molar-refractivity contribution is 7.99. The number of benzene rings is 1. The molecule has 3 rings (SSSR count). The van der Waals surface area contributed by atoms with Crippen LogP contribution < -0.4 is 4.74 Å². The van der Waals surface area contributed by atoms with Crippen LogP contribution in [0.5, 0.6) is 5.75 Å². The molecule has 21 heavy (non-hydrogen) atoms. The Labute approximate surface area is 131 Å². The van der Waals surface area contributed by atoms with E-state index in [1.807, 2.05) is 22.6 Å². The van der Waals surface area contributed by atoms with Crippen LogP contribution in [0.4, 0.5) is 0 Å². The second kappa shape index (κ2) is 5.58. The number of rotatable bonds is 4. The molecule has 1 aromatic carbocycles. The SMILES string of the molecule is C=C(Cl)CSc1nnc2cc(C)c3ccc(OC)cc3n12. The van der Waals surface area contributed by atoms with Gasteiger partial charge in [0.05, 0.1) is 12.6 Å². The Balaban J connectivity index is 2.27. The predicted octanol–water partition coefficient (Wildman–Crippen LogP) is 4.04. The molecule has 3 aromatic rings. The third kappa shape index (κ3) is 2.59. The Morgan fingerprint density at radius 3 is 2.90 bits per heavy atom. The average molecular weight is 320 g/mol. The first-order valence-electron chi connectivity index (χ1n) is 6.38. The van der Waals surface area contributed by atoms with Crippen molar-refractivity contribution < 1.29 is 4.74 Å². The largest absolute Gasteiger partial charge is 0.497 e. The van der Waals surface area contributed by atoms with Crippen LogP contribution in [-0.2, 0) is 0 Å². The lowest BCUT2D eigenvalue weighted by Gasteiger charge is -2.09. The Morgan fingerprint density at radius 2 is 2.19 bits per heavy atom. The van der Waals surface area contributed by atoms with Crippen molar-refractivity contribution in [1.82, 2.24) is 14.6 Å². The third-order valence-electron chi connectivity index (χ3n) is 3.23. The summed E-state index contributed by atoms with van der Waals surface area (Å²) >= 11 is 7.36. The summed E-state index contributed by atoms with van der Waals surface area (Å²) < 4.78 is 7.35. The standard InChI is InChI=1S/C15H14ClN3OS/c1-9-6-14-17-18-15(21-8-10(2)16)19(14)13-7-11(20-3)4-5-12(9)13/h4-7H,2,8H2,1,3H3. The first-order valence-corrected chi connectivity index (χ1v) is 7.75. The van der Waals surface area contributed by atoms with E-state index in [4.69, 9.17) is 16.3 Å². The van der Waals surface area contributed by atoms with Gasteiger partial charge in [-0.25, -0.2) is 0 Å². The van der Waals surface area contributed by atoms with Gasteiger partial charge in [-0.3, -0.25) is 4.40 Å². The Kier molecular flexibility index (Phi) is 3.78. The number of aryl methyl sites for hydroxylation is 1. The summed E-state index contributed by atoms with van der Waals surface area (Å²) in [5.74, 6) is 1.41. The monoisotopic (exact) mass is 319 g/mol. The van der Waals surface area contributed by atoms with Crippen LogP contribution in [-0.4, -0.2) is 27.5 Å². The van der Waals surface area contributed by atoms with Crippen LogP contribution in [0.15, 0.2) is 41.0 Å². The molecular weight excluding hydrogens is 306 g/mol. The van der Waals surface area contributed by atoms with Crippen LogP contribution in [0.2, 0.25) is 0 Å². The number of halogens is 1. The molecule has 0 aliphatic carbocycles. The maximum Gasteiger partial charge on any atom is 0.196 e.